The van der Waals surface area contributed by atoms with Gasteiger partial charge in [0.1, 0.15) is 0 Å². The monoisotopic (exact) mass is 1720 g/mol. The number of rotatable bonds is 1. The standard InChI is InChI=1S/C130H117OP/c1-121(2,3)58-36-69-73-40-60(123(7,8)9)42-77-79-46-64(127(19,20)21)50-85-87-56-91-107(105-89-54-66(129(25,26)27)52-83-81-48-62(125(13,14)15)44-75-71(38-58)93(69)109-111(95(73)77)115(99(79)85)119(103(87)105)117(101(83)89)113(109)97(75)81)108-92(132(91,131)68-34-32-31-33-35-68)57-88-86-51-65(128(22,23)24)47-80-78-43-61(124(10,11)12)41-74-70-37-59(122(4,5)6)39-72-76-45-63(126(16,17)18)49-82-84-53-67(130(28,29)30)55-90-102(84)118-114(98(76)82)110(94(70)72)112(96(74)78)116(100(80)86)120(118)104(88)106(90)108/h31-57H,1-30H3. The molecule has 0 aromatic heterocycles. The molecule has 132 heavy (non-hydrogen) atoms. The minimum absolute atomic E-state index is 0.161. The van der Waals surface area contributed by atoms with Gasteiger partial charge >= 0.3 is 0 Å². The highest BCUT2D eigenvalue weighted by Crippen LogP contribution is 2.70. The Morgan fingerprint density at radius 1 is 0.144 bits per heavy atom. The topological polar surface area (TPSA) is 17.1 Å². The average molecular weight is 1730 g/mol. The molecule has 0 bridgehead atoms. The second-order valence-electron chi connectivity index (χ2n) is 52.5. The van der Waals surface area contributed by atoms with Gasteiger partial charge in [-0.3, -0.25) is 0 Å². The van der Waals surface area contributed by atoms with Crippen molar-refractivity contribution < 1.29 is 4.57 Å². The molecular weight excluding hydrogens is 1610 g/mol. The highest BCUT2D eigenvalue weighted by atomic mass is 31.2. The van der Waals surface area contributed by atoms with Crippen LogP contribution in [0.4, 0.5) is 0 Å². The van der Waals surface area contributed by atoms with Gasteiger partial charge in [-0.1, -0.05) is 238 Å². The van der Waals surface area contributed by atoms with E-state index in [9.17, 15) is 0 Å². The molecular formula is C130H117OP. The van der Waals surface area contributed by atoms with Crippen molar-refractivity contribution >= 4 is 282 Å². The Morgan fingerprint density at radius 2 is 0.273 bits per heavy atom. The third kappa shape index (κ3) is 9.17. The Hall–Kier alpha value is -11.5. The minimum Gasteiger partial charge on any atom is -0.309 e. The van der Waals surface area contributed by atoms with E-state index >= 15 is 4.57 Å². The first-order chi connectivity index (χ1) is 61.7. The summed E-state index contributed by atoms with van der Waals surface area (Å²) in [5.41, 5.74) is 13.3. The molecule has 0 spiro atoms. The molecule has 27 aromatic carbocycles. The highest BCUT2D eigenvalue weighted by molar-refractivity contribution is 7.86. The second-order valence-corrected chi connectivity index (χ2v) is 55.2. The lowest BCUT2D eigenvalue weighted by atomic mass is 9.69. The van der Waals surface area contributed by atoms with Crippen molar-refractivity contribution in [3.05, 3.63) is 219 Å². The van der Waals surface area contributed by atoms with Crippen LogP contribution in [-0.4, -0.2) is 0 Å². The summed E-state index contributed by atoms with van der Waals surface area (Å²) in [6.07, 6.45) is 0. The summed E-state index contributed by atoms with van der Waals surface area (Å²) in [5.74, 6) is 0. The van der Waals surface area contributed by atoms with Crippen molar-refractivity contribution in [2.24, 2.45) is 0 Å². The molecule has 27 aromatic rings. The molecule has 1 heterocycles. The summed E-state index contributed by atoms with van der Waals surface area (Å²) in [6.45, 7) is 73.2. The fourth-order valence-electron chi connectivity index (χ4n) is 27.0. The number of fused-ring (bicyclic) bond motifs is 17. The SMILES string of the molecule is CC(C)(C)c1cc2c3cc(C(C)(C)C)cc4c5cc(C(C)(C)C)cc6c7cc8c(c9c%10cc(C(C)(C)C)cc%11c%12cc(C(C)(C)C)cc%13c(c1)c2c1c(c34)c(c56)c(c79)c(c%11%10)c1c%13%12)-c1c(cc2c3cc(C(C)(C)C)cc4c5cc(C(C)(C)C)cc6c7cc(C(C)(C)C)cc9c%10cc(C(C)(C)C)cc%11c%12cc(C(C)(C)C)cc%13c1c2c1c(c43)c(c65)c(c79)c(c%10%11)c1c%12%13)P8(=O)c1ccccc1. The van der Waals surface area contributed by atoms with Crippen LogP contribution in [0.3, 0.4) is 0 Å². The molecule has 0 saturated heterocycles. The smallest absolute Gasteiger partial charge is 0.172 e. The van der Waals surface area contributed by atoms with Crippen LogP contribution in [-0.2, 0) is 58.7 Å². The molecule has 0 N–H and O–H groups in total. The zero-order chi connectivity index (χ0) is 92.0. The van der Waals surface area contributed by atoms with E-state index in [1.807, 2.05) is 0 Å². The van der Waals surface area contributed by atoms with Gasteiger partial charge in [0.15, 0.2) is 7.14 Å². The fraction of sp³-hybridized carbons (Fsp3) is 0.308. The maximum Gasteiger partial charge on any atom is 0.172 e. The third-order valence-electron chi connectivity index (χ3n) is 34.1. The molecule has 0 amide bonds. The Kier molecular flexibility index (Phi) is 13.8. The van der Waals surface area contributed by atoms with Crippen molar-refractivity contribution in [2.75, 3.05) is 0 Å². The first-order valence-corrected chi connectivity index (χ1v) is 50.9. The highest BCUT2D eigenvalue weighted by Gasteiger charge is 2.48. The summed E-state index contributed by atoms with van der Waals surface area (Å²) in [6, 6.07) is 69.5. The Bertz CT molecular complexity index is 9310. The summed E-state index contributed by atoms with van der Waals surface area (Å²) < 4.78 is 20.3. The first-order valence-electron chi connectivity index (χ1n) is 49.2. The Morgan fingerprint density at radius 3 is 0.424 bits per heavy atom. The Balaban J connectivity index is 0.976. The molecule has 28 rings (SSSR count). The summed E-state index contributed by atoms with van der Waals surface area (Å²) in [4.78, 5) is 0. The van der Waals surface area contributed by atoms with Crippen LogP contribution in [0.5, 0.6) is 0 Å². The van der Waals surface area contributed by atoms with E-state index in [0.29, 0.717) is 0 Å². The number of hydrogen-bond donors (Lipinski definition) is 0. The fourth-order valence-corrected chi connectivity index (χ4v) is 30.1. The Labute approximate surface area is 773 Å². The van der Waals surface area contributed by atoms with Crippen molar-refractivity contribution in [1.29, 1.82) is 0 Å². The first kappa shape index (κ1) is 79.1. The van der Waals surface area contributed by atoms with Crippen molar-refractivity contribution in [3.63, 3.8) is 0 Å². The zero-order valence-electron chi connectivity index (χ0n) is 82.9. The molecule has 0 aliphatic carbocycles. The summed E-state index contributed by atoms with van der Waals surface area (Å²) in [7, 11) is -4.08. The molecule has 1 aliphatic rings. The molecule has 1 nitrogen and oxygen atoms in total. The zero-order valence-corrected chi connectivity index (χ0v) is 83.8. The summed E-state index contributed by atoms with van der Waals surface area (Å²) >= 11 is 0. The maximum atomic E-state index is 20.3. The van der Waals surface area contributed by atoms with Gasteiger partial charge in [-0.25, -0.2) is 0 Å². The van der Waals surface area contributed by atoms with E-state index in [1.165, 1.54) is 314 Å². The third-order valence-corrected chi connectivity index (χ3v) is 37.2. The maximum absolute atomic E-state index is 20.3. The lowest BCUT2D eigenvalue weighted by Gasteiger charge is -2.33. The van der Waals surface area contributed by atoms with E-state index in [2.05, 4.69) is 372 Å². The van der Waals surface area contributed by atoms with Crippen LogP contribution in [0.25, 0.3) is 270 Å². The molecule has 1 aliphatic heterocycles. The van der Waals surface area contributed by atoms with E-state index in [-0.39, 0.29) is 54.1 Å². The van der Waals surface area contributed by atoms with E-state index in [1.54, 1.807) is 0 Å². The van der Waals surface area contributed by atoms with Crippen LogP contribution < -0.4 is 15.9 Å². The van der Waals surface area contributed by atoms with Gasteiger partial charge in [-0.2, -0.15) is 0 Å². The summed E-state index contributed by atoms with van der Waals surface area (Å²) in [5, 5.41) is 67.0. The normalized spacial score (nSPS) is 15.3. The van der Waals surface area contributed by atoms with Crippen molar-refractivity contribution in [2.45, 2.75) is 262 Å². The molecule has 2 heteroatoms. The van der Waals surface area contributed by atoms with Crippen LogP contribution >= 0.6 is 7.14 Å². The quantitative estimate of drug-likeness (QED) is 0.0909. The predicted molar refractivity (Wildman–Crippen MR) is 586 cm³/mol. The van der Waals surface area contributed by atoms with Gasteiger partial charge in [0.25, 0.3) is 0 Å². The van der Waals surface area contributed by atoms with Gasteiger partial charge in [0.2, 0.25) is 0 Å². The predicted octanol–water partition coefficient (Wildman–Crippen LogP) is 37.2. The number of hydrogen-bond acceptors (Lipinski definition) is 1. The van der Waals surface area contributed by atoms with Crippen molar-refractivity contribution in [3.8, 4) is 11.1 Å². The molecule has 0 unspecified atom stereocenters. The van der Waals surface area contributed by atoms with E-state index in [4.69, 9.17) is 0 Å². The minimum atomic E-state index is -4.08. The second kappa shape index (κ2) is 22.9. The van der Waals surface area contributed by atoms with Crippen LogP contribution in [0.2, 0.25) is 0 Å². The lowest BCUT2D eigenvalue weighted by molar-refractivity contribution is 0.591. The molecule has 0 atom stereocenters. The number of benzene rings is 27. The molecule has 0 radical (unpaired) electrons. The van der Waals surface area contributed by atoms with E-state index in [0.717, 1.165) is 27.0 Å². The molecule has 648 valence electrons. The van der Waals surface area contributed by atoms with E-state index < -0.39 is 7.14 Å². The average Bonchev–Trinajstić information content (AvgIpc) is 1.03. The molecule has 0 fully saturated rings. The van der Waals surface area contributed by atoms with Gasteiger partial charge in [0.05, 0.1) is 0 Å². The van der Waals surface area contributed by atoms with Crippen LogP contribution in [0.15, 0.2) is 164 Å². The van der Waals surface area contributed by atoms with Gasteiger partial charge < -0.3 is 4.57 Å². The van der Waals surface area contributed by atoms with Crippen molar-refractivity contribution in [1.82, 2.24) is 0 Å². The molecule has 0 saturated carbocycles. The lowest BCUT2D eigenvalue weighted by Crippen LogP contribution is -2.21. The van der Waals surface area contributed by atoms with Crippen LogP contribution in [0, 0.1) is 0 Å². The van der Waals surface area contributed by atoms with Crippen LogP contribution in [0.1, 0.15) is 263 Å². The van der Waals surface area contributed by atoms with Gasteiger partial charge in [0, 0.05) is 27.0 Å². The largest absolute Gasteiger partial charge is 0.309 e. The van der Waals surface area contributed by atoms with Gasteiger partial charge in [-0.15, -0.1) is 0 Å². The van der Waals surface area contributed by atoms with Gasteiger partial charge in [-0.05, 0) is 502 Å².